The van der Waals surface area contributed by atoms with Crippen molar-refractivity contribution >= 4 is 28.5 Å². The van der Waals surface area contributed by atoms with Crippen LogP contribution in [0.3, 0.4) is 0 Å². The number of aromatic nitrogens is 4. The lowest BCUT2D eigenvalue weighted by molar-refractivity contribution is 0.0696. The fourth-order valence-corrected chi connectivity index (χ4v) is 4.32. The molecule has 1 amide bonds. The molecular formula is C21H26ClN5O. The number of para-hydroxylation sites is 2. The maximum absolute atomic E-state index is 13.0. The second-order valence-corrected chi connectivity index (χ2v) is 7.79. The molecule has 1 saturated heterocycles. The summed E-state index contributed by atoms with van der Waals surface area (Å²) in [5.41, 5.74) is 2.55. The molecule has 0 radical (unpaired) electrons. The molecule has 0 aliphatic carbocycles. The summed E-state index contributed by atoms with van der Waals surface area (Å²) in [5, 5.41) is 4.78. The first-order valence-electron chi connectivity index (χ1n) is 10.1. The van der Waals surface area contributed by atoms with Crippen LogP contribution in [0.2, 0.25) is 5.02 Å². The Morgan fingerprint density at radius 2 is 2.11 bits per heavy atom. The van der Waals surface area contributed by atoms with Crippen molar-refractivity contribution in [1.82, 2.24) is 24.2 Å². The second-order valence-electron chi connectivity index (χ2n) is 7.38. The van der Waals surface area contributed by atoms with Crippen LogP contribution in [0.25, 0.3) is 11.0 Å². The lowest BCUT2D eigenvalue weighted by Gasteiger charge is -2.32. The van der Waals surface area contributed by atoms with Crippen LogP contribution < -0.4 is 0 Å². The number of amides is 1. The Balaban J connectivity index is 1.62. The van der Waals surface area contributed by atoms with E-state index in [0.717, 1.165) is 43.7 Å². The first kappa shape index (κ1) is 19.0. The van der Waals surface area contributed by atoms with Gasteiger partial charge in [0.15, 0.2) is 5.69 Å². The van der Waals surface area contributed by atoms with E-state index in [-0.39, 0.29) is 11.8 Å². The third-order valence-electron chi connectivity index (χ3n) is 5.45. The zero-order valence-electron chi connectivity index (χ0n) is 16.4. The predicted octanol–water partition coefficient (Wildman–Crippen LogP) is 4.34. The van der Waals surface area contributed by atoms with Crippen molar-refractivity contribution in [3.8, 4) is 0 Å². The van der Waals surface area contributed by atoms with Gasteiger partial charge < -0.3 is 9.47 Å². The minimum atomic E-state index is -0.0833. The maximum atomic E-state index is 13.0. The van der Waals surface area contributed by atoms with E-state index < -0.39 is 0 Å². The minimum absolute atomic E-state index is 0.0833. The van der Waals surface area contributed by atoms with E-state index in [4.69, 9.17) is 16.6 Å². The highest BCUT2D eigenvalue weighted by molar-refractivity contribution is 6.33. The highest BCUT2D eigenvalue weighted by atomic mass is 35.5. The van der Waals surface area contributed by atoms with Crippen molar-refractivity contribution in [3.05, 3.63) is 47.0 Å². The Morgan fingerprint density at radius 1 is 1.29 bits per heavy atom. The number of carbonyl (C=O) groups is 1. The summed E-state index contributed by atoms with van der Waals surface area (Å²) in [6.07, 6.45) is 4.76. The van der Waals surface area contributed by atoms with Crippen molar-refractivity contribution in [2.75, 3.05) is 13.1 Å². The average Bonchev–Trinajstić information content (AvgIpc) is 3.28. The molecule has 2 aromatic heterocycles. The van der Waals surface area contributed by atoms with Gasteiger partial charge in [-0.05, 0) is 38.3 Å². The van der Waals surface area contributed by atoms with Crippen LogP contribution >= 0.6 is 11.6 Å². The molecule has 0 spiro atoms. The summed E-state index contributed by atoms with van der Waals surface area (Å²) in [6.45, 7) is 7.18. The molecule has 0 saturated carbocycles. The van der Waals surface area contributed by atoms with Crippen molar-refractivity contribution < 1.29 is 4.79 Å². The first-order valence-corrected chi connectivity index (χ1v) is 10.5. The number of aryl methyl sites for hydroxylation is 2. The molecule has 0 N–H and O–H groups in total. The number of nitrogens with zero attached hydrogens (tertiary/aromatic N) is 5. The highest BCUT2D eigenvalue weighted by Crippen LogP contribution is 2.30. The SMILES string of the molecule is CCCn1c(C2CCCN(C(=O)c3nn(CC)cc3Cl)C2)nc2ccccc21. The number of likely N-dealkylation sites (tertiary alicyclic amines) is 1. The van der Waals surface area contributed by atoms with Gasteiger partial charge >= 0.3 is 0 Å². The number of fused-ring (bicyclic) bond motifs is 1. The van der Waals surface area contributed by atoms with Gasteiger partial charge in [-0.25, -0.2) is 4.98 Å². The number of rotatable bonds is 5. The lowest BCUT2D eigenvalue weighted by atomic mass is 9.96. The quantitative estimate of drug-likeness (QED) is 0.641. The largest absolute Gasteiger partial charge is 0.336 e. The van der Waals surface area contributed by atoms with Crippen LogP contribution in [0.15, 0.2) is 30.5 Å². The van der Waals surface area contributed by atoms with E-state index in [9.17, 15) is 4.79 Å². The van der Waals surface area contributed by atoms with Crippen molar-refractivity contribution in [2.24, 2.45) is 0 Å². The first-order chi connectivity index (χ1) is 13.6. The van der Waals surface area contributed by atoms with Gasteiger partial charge in [-0.15, -0.1) is 0 Å². The molecule has 1 fully saturated rings. The Hall–Kier alpha value is -2.34. The summed E-state index contributed by atoms with van der Waals surface area (Å²) in [4.78, 5) is 19.9. The van der Waals surface area contributed by atoms with E-state index in [1.54, 1.807) is 10.9 Å². The lowest BCUT2D eigenvalue weighted by Crippen LogP contribution is -2.40. The van der Waals surface area contributed by atoms with Crippen molar-refractivity contribution in [2.45, 2.75) is 52.1 Å². The van der Waals surface area contributed by atoms with E-state index in [1.165, 1.54) is 5.52 Å². The average molecular weight is 400 g/mol. The summed E-state index contributed by atoms with van der Waals surface area (Å²) >= 11 is 6.26. The van der Waals surface area contributed by atoms with Crippen LogP contribution in [0.4, 0.5) is 0 Å². The molecule has 3 aromatic rings. The third-order valence-corrected chi connectivity index (χ3v) is 5.73. The number of imidazole rings is 1. The Morgan fingerprint density at radius 3 is 2.86 bits per heavy atom. The molecule has 1 aliphatic rings. The van der Waals surface area contributed by atoms with Gasteiger partial charge in [-0.2, -0.15) is 5.10 Å². The summed E-state index contributed by atoms with van der Waals surface area (Å²) in [7, 11) is 0. The van der Waals surface area contributed by atoms with Crippen LogP contribution in [0.5, 0.6) is 0 Å². The topological polar surface area (TPSA) is 56.0 Å². The fraction of sp³-hybridized carbons (Fsp3) is 0.476. The second kappa shape index (κ2) is 7.95. The van der Waals surface area contributed by atoms with Gasteiger partial charge in [0.2, 0.25) is 0 Å². The van der Waals surface area contributed by atoms with Gasteiger partial charge in [0.05, 0.1) is 16.1 Å². The molecule has 0 bridgehead atoms. The van der Waals surface area contributed by atoms with E-state index in [1.807, 2.05) is 17.9 Å². The van der Waals surface area contributed by atoms with Crippen LogP contribution in [0, 0.1) is 0 Å². The summed E-state index contributed by atoms with van der Waals surface area (Å²) in [5.74, 6) is 1.23. The Bertz CT molecular complexity index is 992. The smallest absolute Gasteiger partial charge is 0.275 e. The molecular weight excluding hydrogens is 374 g/mol. The van der Waals surface area contributed by atoms with Gasteiger partial charge in [0.1, 0.15) is 5.82 Å². The molecule has 6 nitrogen and oxygen atoms in total. The van der Waals surface area contributed by atoms with E-state index >= 15 is 0 Å². The monoisotopic (exact) mass is 399 g/mol. The molecule has 1 unspecified atom stereocenters. The summed E-state index contributed by atoms with van der Waals surface area (Å²) in [6, 6.07) is 8.28. The zero-order chi connectivity index (χ0) is 19.7. The summed E-state index contributed by atoms with van der Waals surface area (Å²) < 4.78 is 4.03. The van der Waals surface area contributed by atoms with Gasteiger partial charge in [-0.3, -0.25) is 9.48 Å². The molecule has 7 heteroatoms. The zero-order valence-corrected chi connectivity index (χ0v) is 17.2. The van der Waals surface area contributed by atoms with Crippen LogP contribution in [-0.2, 0) is 13.1 Å². The number of benzene rings is 1. The van der Waals surface area contributed by atoms with Crippen LogP contribution in [0.1, 0.15) is 55.3 Å². The Kier molecular flexibility index (Phi) is 5.40. The molecule has 28 heavy (non-hydrogen) atoms. The van der Waals surface area contributed by atoms with Crippen molar-refractivity contribution in [3.63, 3.8) is 0 Å². The van der Waals surface area contributed by atoms with Gasteiger partial charge in [0, 0.05) is 38.3 Å². The Labute approximate surface area is 170 Å². The molecule has 4 rings (SSSR count). The molecule has 1 atom stereocenters. The molecule has 148 valence electrons. The van der Waals surface area contributed by atoms with E-state index in [0.29, 0.717) is 23.8 Å². The number of hydrogen-bond acceptors (Lipinski definition) is 3. The van der Waals surface area contributed by atoms with Gasteiger partial charge in [-0.1, -0.05) is 30.7 Å². The normalized spacial score (nSPS) is 17.4. The van der Waals surface area contributed by atoms with Crippen LogP contribution in [-0.4, -0.2) is 43.2 Å². The number of halogens is 1. The molecule has 3 heterocycles. The van der Waals surface area contributed by atoms with Crippen molar-refractivity contribution in [1.29, 1.82) is 0 Å². The highest BCUT2D eigenvalue weighted by Gasteiger charge is 2.30. The third kappa shape index (κ3) is 3.41. The van der Waals surface area contributed by atoms with Gasteiger partial charge in [0.25, 0.3) is 5.91 Å². The predicted molar refractivity (Wildman–Crippen MR) is 111 cm³/mol. The maximum Gasteiger partial charge on any atom is 0.275 e. The minimum Gasteiger partial charge on any atom is -0.336 e. The number of hydrogen-bond donors (Lipinski definition) is 0. The molecule has 1 aromatic carbocycles. The van der Waals surface area contributed by atoms with E-state index in [2.05, 4.69) is 34.8 Å². The fourth-order valence-electron chi connectivity index (χ4n) is 4.09. The standard InChI is InChI=1S/C21H26ClN5O/c1-3-11-27-18-10-6-5-9-17(18)23-20(27)15-8-7-12-25(13-15)21(28)19-16(22)14-26(4-2)24-19/h5-6,9-10,14-15H,3-4,7-8,11-13H2,1-2H3. The molecule has 1 aliphatic heterocycles. The number of carbonyl (C=O) groups excluding carboxylic acids is 1. The number of piperidine rings is 1.